The molecular weight excluding hydrogens is 474 g/mol. The zero-order valence-electron chi connectivity index (χ0n) is 18.4. The summed E-state index contributed by atoms with van der Waals surface area (Å²) in [5.41, 5.74) is 1.03. The standard InChI is InChI=1S/C23H21N5O4S2/c1-14-12-21(25-15(2)24-14)28-34(30,31)17-7-5-16(6-8-17)26-22(29)23(9-10-23)20-13-18(32-27-20)19-4-3-11-33-19/h3-8,11-13H,9-10H2,1-2H3,(H,26,29)(H,24,25,28). The molecule has 1 aliphatic carbocycles. The summed E-state index contributed by atoms with van der Waals surface area (Å²) in [4.78, 5) is 22.3. The van der Waals surface area contributed by atoms with Crippen molar-refractivity contribution < 1.29 is 17.7 Å². The molecule has 174 valence electrons. The van der Waals surface area contributed by atoms with Gasteiger partial charge in [-0.15, -0.1) is 11.3 Å². The van der Waals surface area contributed by atoms with E-state index in [2.05, 4.69) is 25.2 Å². The van der Waals surface area contributed by atoms with Crippen LogP contribution in [0.1, 0.15) is 30.1 Å². The number of aryl methyl sites for hydroxylation is 2. The molecule has 3 heterocycles. The summed E-state index contributed by atoms with van der Waals surface area (Å²) in [6, 6.07) is 13.2. The molecule has 0 saturated heterocycles. The first kappa shape index (κ1) is 22.2. The van der Waals surface area contributed by atoms with Crippen LogP contribution in [-0.4, -0.2) is 29.4 Å². The van der Waals surface area contributed by atoms with Crippen LogP contribution in [0, 0.1) is 13.8 Å². The Morgan fingerprint density at radius 3 is 2.50 bits per heavy atom. The Labute approximate surface area is 200 Å². The molecule has 0 aliphatic heterocycles. The fourth-order valence-corrected chi connectivity index (χ4v) is 5.36. The van der Waals surface area contributed by atoms with Gasteiger partial charge in [0.1, 0.15) is 11.6 Å². The summed E-state index contributed by atoms with van der Waals surface area (Å²) in [7, 11) is -3.84. The molecule has 1 amide bonds. The van der Waals surface area contributed by atoms with E-state index in [4.69, 9.17) is 4.52 Å². The van der Waals surface area contributed by atoms with E-state index in [1.54, 1.807) is 43.4 Å². The van der Waals surface area contributed by atoms with Crippen LogP contribution in [0.2, 0.25) is 0 Å². The Balaban J connectivity index is 1.29. The molecule has 4 aromatic rings. The van der Waals surface area contributed by atoms with Crippen molar-refractivity contribution in [3.63, 3.8) is 0 Å². The molecule has 0 spiro atoms. The number of benzene rings is 1. The van der Waals surface area contributed by atoms with Gasteiger partial charge in [-0.25, -0.2) is 18.4 Å². The van der Waals surface area contributed by atoms with E-state index >= 15 is 0 Å². The van der Waals surface area contributed by atoms with E-state index in [-0.39, 0.29) is 16.6 Å². The van der Waals surface area contributed by atoms with E-state index in [1.165, 1.54) is 12.1 Å². The van der Waals surface area contributed by atoms with E-state index in [0.717, 1.165) is 4.88 Å². The number of rotatable bonds is 7. The first-order chi connectivity index (χ1) is 16.2. The van der Waals surface area contributed by atoms with E-state index in [9.17, 15) is 13.2 Å². The van der Waals surface area contributed by atoms with Crippen LogP contribution in [0.15, 0.2) is 63.3 Å². The fourth-order valence-electron chi connectivity index (χ4n) is 3.69. The van der Waals surface area contributed by atoms with Crippen LogP contribution in [0.5, 0.6) is 0 Å². The minimum absolute atomic E-state index is 0.0534. The first-order valence-electron chi connectivity index (χ1n) is 10.5. The molecule has 1 fully saturated rings. The highest BCUT2D eigenvalue weighted by Gasteiger charge is 2.53. The number of amides is 1. The lowest BCUT2D eigenvalue weighted by molar-refractivity contribution is -0.118. The lowest BCUT2D eigenvalue weighted by Gasteiger charge is -2.13. The molecule has 11 heteroatoms. The molecular formula is C23H21N5O4S2. The molecule has 1 saturated carbocycles. The lowest BCUT2D eigenvalue weighted by Crippen LogP contribution is -2.28. The summed E-state index contributed by atoms with van der Waals surface area (Å²) in [5, 5.41) is 8.97. The van der Waals surface area contributed by atoms with E-state index in [0.29, 0.717) is 41.5 Å². The van der Waals surface area contributed by atoms with Crippen LogP contribution in [0.3, 0.4) is 0 Å². The second kappa shape index (κ2) is 8.33. The normalized spacial score (nSPS) is 14.5. The van der Waals surface area contributed by atoms with Crippen molar-refractivity contribution in [2.45, 2.75) is 37.0 Å². The van der Waals surface area contributed by atoms with Gasteiger partial charge in [-0.1, -0.05) is 11.2 Å². The van der Waals surface area contributed by atoms with Crippen LogP contribution in [0.25, 0.3) is 10.6 Å². The predicted octanol–water partition coefficient (Wildman–Crippen LogP) is 4.28. The van der Waals surface area contributed by atoms with Gasteiger partial charge in [0.2, 0.25) is 5.91 Å². The van der Waals surface area contributed by atoms with Crippen LogP contribution in [-0.2, 0) is 20.2 Å². The summed E-state index contributed by atoms with van der Waals surface area (Å²) < 4.78 is 33.4. The number of hydrogen-bond donors (Lipinski definition) is 2. The number of hydrogen-bond acceptors (Lipinski definition) is 8. The molecule has 0 radical (unpaired) electrons. The molecule has 34 heavy (non-hydrogen) atoms. The van der Waals surface area contributed by atoms with Gasteiger partial charge in [0, 0.05) is 23.5 Å². The summed E-state index contributed by atoms with van der Waals surface area (Å²) in [6.45, 7) is 3.45. The second-order valence-electron chi connectivity index (χ2n) is 8.16. The Kier molecular flexibility index (Phi) is 5.45. The van der Waals surface area contributed by atoms with Gasteiger partial charge in [0.15, 0.2) is 5.76 Å². The molecule has 0 unspecified atom stereocenters. The number of sulfonamides is 1. The average Bonchev–Trinajstić information content (AvgIpc) is 3.18. The van der Waals surface area contributed by atoms with Crippen molar-refractivity contribution in [1.82, 2.24) is 15.1 Å². The van der Waals surface area contributed by atoms with Gasteiger partial charge >= 0.3 is 0 Å². The monoisotopic (exact) mass is 495 g/mol. The van der Waals surface area contributed by atoms with Crippen molar-refractivity contribution >= 4 is 38.8 Å². The maximum Gasteiger partial charge on any atom is 0.263 e. The average molecular weight is 496 g/mol. The van der Waals surface area contributed by atoms with Gasteiger partial charge < -0.3 is 9.84 Å². The summed E-state index contributed by atoms with van der Waals surface area (Å²) >= 11 is 1.54. The minimum atomic E-state index is -3.84. The molecule has 0 atom stereocenters. The van der Waals surface area contributed by atoms with Gasteiger partial charge in [0.25, 0.3) is 10.0 Å². The van der Waals surface area contributed by atoms with Crippen molar-refractivity contribution in [2.75, 3.05) is 10.0 Å². The number of thiophene rings is 1. The van der Waals surface area contributed by atoms with Crippen LogP contribution in [0.4, 0.5) is 11.5 Å². The molecule has 9 nitrogen and oxygen atoms in total. The molecule has 1 aromatic carbocycles. The van der Waals surface area contributed by atoms with Crippen molar-refractivity contribution in [3.05, 3.63) is 71.1 Å². The number of nitrogens with one attached hydrogen (secondary N) is 2. The lowest BCUT2D eigenvalue weighted by atomic mass is 10.0. The molecule has 1 aliphatic rings. The zero-order chi connectivity index (χ0) is 23.9. The molecule has 3 aromatic heterocycles. The largest absolute Gasteiger partial charge is 0.355 e. The number of nitrogens with zero attached hydrogens (tertiary/aromatic N) is 3. The fraction of sp³-hybridized carbons (Fsp3) is 0.217. The third kappa shape index (κ3) is 4.31. The Hall–Kier alpha value is -3.57. The van der Waals surface area contributed by atoms with Gasteiger partial charge in [0.05, 0.1) is 20.9 Å². The van der Waals surface area contributed by atoms with Crippen molar-refractivity contribution in [2.24, 2.45) is 0 Å². The van der Waals surface area contributed by atoms with Crippen LogP contribution >= 0.6 is 11.3 Å². The first-order valence-corrected chi connectivity index (χ1v) is 12.9. The van der Waals surface area contributed by atoms with Gasteiger partial charge in [-0.05, 0) is 62.4 Å². The van der Waals surface area contributed by atoms with E-state index in [1.807, 2.05) is 23.6 Å². The van der Waals surface area contributed by atoms with Crippen molar-refractivity contribution in [1.29, 1.82) is 0 Å². The minimum Gasteiger partial charge on any atom is -0.355 e. The Morgan fingerprint density at radius 1 is 1.09 bits per heavy atom. The smallest absolute Gasteiger partial charge is 0.263 e. The number of carbonyl (C=O) groups is 1. The number of anilines is 2. The quantitative estimate of drug-likeness (QED) is 0.392. The highest BCUT2D eigenvalue weighted by atomic mass is 32.2. The maximum atomic E-state index is 13.0. The van der Waals surface area contributed by atoms with E-state index < -0.39 is 15.4 Å². The Morgan fingerprint density at radius 2 is 1.85 bits per heavy atom. The van der Waals surface area contributed by atoms with Gasteiger partial charge in [-0.3, -0.25) is 9.52 Å². The summed E-state index contributed by atoms with van der Waals surface area (Å²) in [5.74, 6) is 1.12. The number of carbonyl (C=O) groups excluding carboxylic acids is 1. The zero-order valence-corrected chi connectivity index (χ0v) is 20.0. The molecule has 5 rings (SSSR count). The molecule has 0 bridgehead atoms. The Bertz CT molecular complexity index is 1440. The van der Waals surface area contributed by atoms with Crippen molar-refractivity contribution in [3.8, 4) is 10.6 Å². The predicted molar refractivity (Wildman–Crippen MR) is 128 cm³/mol. The third-order valence-electron chi connectivity index (χ3n) is 5.58. The SMILES string of the molecule is Cc1cc(NS(=O)(=O)c2ccc(NC(=O)C3(c4cc(-c5cccs5)on4)CC3)cc2)nc(C)n1. The molecule has 2 N–H and O–H groups in total. The highest BCUT2D eigenvalue weighted by Crippen LogP contribution is 2.49. The van der Waals surface area contributed by atoms with Gasteiger partial charge in [-0.2, -0.15) is 0 Å². The maximum absolute atomic E-state index is 13.0. The number of aromatic nitrogens is 3. The van der Waals surface area contributed by atoms with Crippen LogP contribution < -0.4 is 10.0 Å². The third-order valence-corrected chi connectivity index (χ3v) is 7.83. The highest BCUT2D eigenvalue weighted by molar-refractivity contribution is 7.92. The summed E-state index contributed by atoms with van der Waals surface area (Å²) in [6.07, 6.45) is 1.34. The second-order valence-corrected chi connectivity index (χ2v) is 10.8. The topological polar surface area (TPSA) is 127 Å².